The number of aromatic nitrogens is 1. The molecule has 0 bridgehead atoms. The van der Waals surface area contributed by atoms with Crippen LogP contribution in [-0.4, -0.2) is 44.5 Å². The predicted octanol–water partition coefficient (Wildman–Crippen LogP) is 0.659. The fraction of sp³-hybridized carbons (Fsp3) is 0.667. The number of aliphatic hydroxyl groups is 2. The highest BCUT2D eigenvalue weighted by Crippen LogP contribution is 2.18. The molecule has 0 aliphatic heterocycles. The second-order valence-corrected chi connectivity index (χ2v) is 5.50. The molecular formula is C15H26N2O4. The van der Waals surface area contributed by atoms with Crippen LogP contribution in [-0.2, 0) is 19.7 Å². The van der Waals surface area contributed by atoms with Gasteiger partial charge in [-0.1, -0.05) is 13.3 Å². The first-order chi connectivity index (χ1) is 9.90. The topological polar surface area (TPSA) is 85.9 Å². The number of hydrogen-bond donors (Lipinski definition) is 3. The maximum absolute atomic E-state index is 11.8. The predicted molar refractivity (Wildman–Crippen MR) is 81.2 cm³/mol. The first-order valence-corrected chi connectivity index (χ1v) is 7.32. The monoisotopic (exact) mass is 298 g/mol. The van der Waals surface area contributed by atoms with E-state index in [-0.39, 0.29) is 18.9 Å². The lowest BCUT2D eigenvalue weighted by Crippen LogP contribution is -2.28. The van der Waals surface area contributed by atoms with Crippen LogP contribution in [0.3, 0.4) is 0 Å². The molecular weight excluding hydrogens is 272 g/mol. The van der Waals surface area contributed by atoms with Crippen molar-refractivity contribution in [2.45, 2.75) is 52.5 Å². The van der Waals surface area contributed by atoms with Crippen molar-refractivity contribution in [1.29, 1.82) is 0 Å². The molecule has 1 aromatic rings. The number of unbranched alkanes of at least 4 members (excludes halogenated alkanes) is 1. The summed E-state index contributed by atoms with van der Waals surface area (Å²) in [6.45, 7) is 4.88. The number of rotatable bonds is 8. The molecule has 0 radical (unpaired) electrons. The summed E-state index contributed by atoms with van der Waals surface area (Å²) in [5.41, 5.74) is 0.337. The molecule has 21 heavy (non-hydrogen) atoms. The molecule has 0 aromatic carbocycles. The summed E-state index contributed by atoms with van der Waals surface area (Å²) < 4.78 is 1.63. The fourth-order valence-corrected chi connectivity index (χ4v) is 2.29. The summed E-state index contributed by atoms with van der Waals surface area (Å²) >= 11 is 0. The van der Waals surface area contributed by atoms with E-state index in [0.717, 1.165) is 19.4 Å². The van der Waals surface area contributed by atoms with Gasteiger partial charge in [0.25, 0.3) is 0 Å². The minimum atomic E-state index is -0.642. The van der Waals surface area contributed by atoms with Crippen LogP contribution in [0.15, 0.2) is 10.9 Å². The molecule has 1 rings (SSSR count). The maximum atomic E-state index is 11.8. The fourth-order valence-electron chi connectivity index (χ4n) is 2.29. The lowest BCUT2D eigenvalue weighted by molar-refractivity contribution is 0.163. The first-order valence-electron chi connectivity index (χ1n) is 7.32. The second-order valence-electron chi connectivity index (χ2n) is 5.50. The smallest absolute Gasteiger partial charge is 0.223 e. The minimum absolute atomic E-state index is 0.223. The van der Waals surface area contributed by atoms with Gasteiger partial charge in [0.05, 0.1) is 18.4 Å². The van der Waals surface area contributed by atoms with E-state index >= 15 is 0 Å². The molecule has 120 valence electrons. The zero-order valence-electron chi connectivity index (χ0n) is 13.0. The van der Waals surface area contributed by atoms with Crippen LogP contribution >= 0.6 is 0 Å². The molecule has 0 aliphatic rings. The quantitative estimate of drug-likeness (QED) is 0.656. The molecule has 0 aliphatic carbocycles. The molecule has 0 saturated heterocycles. The van der Waals surface area contributed by atoms with E-state index in [1.165, 1.54) is 6.07 Å². The van der Waals surface area contributed by atoms with Crippen molar-refractivity contribution in [3.05, 3.63) is 27.7 Å². The third kappa shape index (κ3) is 4.84. The van der Waals surface area contributed by atoms with Crippen molar-refractivity contribution in [2.75, 3.05) is 13.6 Å². The Kier molecular flexibility index (Phi) is 6.87. The lowest BCUT2D eigenvalue weighted by atomic mass is 10.2. The van der Waals surface area contributed by atoms with Crippen molar-refractivity contribution in [1.82, 2.24) is 9.47 Å². The van der Waals surface area contributed by atoms with E-state index in [1.807, 2.05) is 11.9 Å². The maximum Gasteiger partial charge on any atom is 0.223 e. The zero-order valence-corrected chi connectivity index (χ0v) is 13.0. The van der Waals surface area contributed by atoms with Gasteiger partial charge in [0.2, 0.25) is 5.43 Å². The largest absolute Gasteiger partial charge is 0.503 e. The van der Waals surface area contributed by atoms with Crippen LogP contribution in [0.25, 0.3) is 0 Å². The Morgan fingerprint density at radius 3 is 2.62 bits per heavy atom. The second kappa shape index (κ2) is 8.17. The van der Waals surface area contributed by atoms with Gasteiger partial charge in [-0.3, -0.25) is 4.79 Å². The number of pyridine rings is 1. The highest BCUT2D eigenvalue weighted by Gasteiger charge is 2.17. The molecule has 0 saturated carbocycles. The third-order valence-electron chi connectivity index (χ3n) is 3.40. The highest BCUT2D eigenvalue weighted by molar-refractivity contribution is 5.30. The molecule has 0 amide bonds. The van der Waals surface area contributed by atoms with Crippen molar-refractivity contribution >= 4 is 0 Å². The van der Waals surface area contributed by atoms with Gasteiger partial charge in [0, 0.05) is 24.8 Å². The van der Waals surface area contributed by atoms with Crippen molar-refractivity contribution in [3.63, 3.8) is 0 Å². The average molecular weight is 298 g/mol. The summed E-state index contributed by atoms with van der Waals surface area (Å²) in [4.78, 5) is 13.8. The van der Waals surface area contributed by atoms with Crippen LogP contribution in [0, 0.1) is 0 Å². The standard InChI is InChI=1S/C15H26N2O4/c1-4-5-6-16(3)9-13-15(21)14(20)7-12(10-18)17(13)8-11(2)19/h7,11,18-19,21H,4-6,8-10H2,1-3H3. The number of aromatic hydroxyl groups is 1. The Morgan fingerprint density at radius 2 is 2.10 bits per heavy atom. The molecule has 0 fully saturated rings. The molecule has 6 heteroatoms. The minimum Gasteiger partial charge on any atom is -0.503 e. The van der Waals surface area contributed by atoms with E-state index in [0.29, 0.717) is 17.9 Å². The Hall–Kier alpha value is -1.37. The van der Waals surface area contributed by atoms with E-state index in [2.05, 4.69) is 6.92 Å². The summed E-state index contributed by atoms with van der Waals surface area (Å²) in [7, 11) is 1.91. The van der Waals surface area contributed by atoms with Gasteiger partial charge in [-0.2, -0.15) is 0 Å². The van der Waals surface area contributed by atoms with Crippen molar-refractivity contribution in [2.24, 2.45) is 0 Å². The highest BCUT2D eigenvalue weighted by atomic mass is 16.3. The molecule has 1 unspecified atom stereocenters. The third-order valence-corrected chi connectivity index (χ3v) is 3.40. The molecule has 1 heterocycles. The summed E-state index contributed by atoms with van der Waals surface area (Å²) in [6, 6.07) is 1.22. The van der Waals surface area contributed by atoms with Gasteiger partial charge in [-0.25, -0.2) is 0 Å². The van der Waals surface area contributed by atoms with E-state index in [1.54, 1.807) is 11.5 Å². The number of aliphatic hydroxyl groups excluding tert-OH is 2. The van der Waals surface area contributed by atoms with Crippen molar-refractivity contribution < 1.29 is 15.3 Å². The number of nitrogens with zero attached hydrogens (tertiary/aromatic N) is 2. The zero-order chi connectivity index (χ0) is 16.0. The molecule has 0 spiro atoms. The Balaban J connectivity index is 3.19. The van der Waals surface area contributed by atoms with Crippen LogP contribution < -0.4 is 5.43 Å². The van der Waals surface area contributed by atoms with Crippen molar-refractivity contribution in [3.8, 4) is 5.75 Å². The van der Waals surface area contributed by atoms with Gasteiger partial charge in [-0.15, -0.1) is 0 Å². The molecule has 6 nitrogen and oxygen atoms in total. The van der Waals surface area contributed by atoms with Gasteiger partial charge in [0.15, 0.2) is 5.75 Å². The van der Waals surface area contributed by atoms with E-state index in [9.17, 15) is 20.1 Å². The van der Waals surface area contributed by atoms with Gasteiger partial charge < -0.3 is 24.8 Å². The summed E-state index contributed by atoms with van der Waals surface area (Å²) in [6.07, 6.45) is 1.45. The van der Waals surface area contributed by atoms with E-state index in [4.69, 9.17) is 0 Å². The van der Waals surface area contributed by atoms with Gasteiger partial charge >= 0.3 is 0 Å². The SMILES string of the molecule is CCCCN(C)Cc1c(O)c(=O)cc(CO)n1CC(C)O. The summed E-state index contributed by atoms with van der Waals surface area (Å²) in [5.74, 6) is -0.309. The van der Waals surface area contributed by atoms with Crippen LogP contribution in [0.5, 0.6) is 5.75 Å². The average Bonchev–Trinajstić information content (AvgIpc) is 2.43. The molecule has 1 aromatic heterocycles. The molecule has 1 atom stereocenters. The van der Waals surface area contributed by atoms with Crippen LogP contribution in [0.2, 0.25) is 0 Å². The Morgan fingerprint density at radius 1 is 1.43 bits per heavy atom. The van der Waals surface area contributed by atoms with Crippen LogP contribution in [0.1, 0.15) is 38.1 Å². The Bertz CT molecular complexity index is 511. The number of hydrogen-bond acceptors (Lipinski definition) is 5. The molecule has 3 N–H and O–H groups in total. The lowest BCUT2D eigenvalue weighted by Gasteiger charge is -2.24. The summed E-state index contributed by atoms with van der Waals surface area (Å²) in [5, 5.41) is 29.1. The normalized spacial score (nSPS) is 12.9. The van der Waals surface area contributed by atoms with Crippen LogP contribution in [0.4, 0.5) is 0 Å². The van der Waals surface area contributed by atoms with E-state index < -0.39 is 11.5 Å². The first kappa shape index (κ1) is 17.7. The van der Waals surface area contributed by atoms with Gasteiger partial charge in [0.1, 0.15) is 0 Å². The van der Waals surface area contributed by atoms with Gasteiger partial charge in [-0.05, 0) is 26.9 Å². The Labute approximate surface area is 125 Å².